The van der Waals surface area contributed by atoms with Crippen molar-refractivity contribution < 1.29 is 19.4 Å². The SMILES string of the molecule is CCNCc1cc(Br)c(OC(CC)C(=O)O)c(OC)c1. The summed E-state index contributed by atoms with van der Waals surface area (Å²) in [5, 5.41) is 12.3. The van der Waals surface area contributed by atoms with E-state index in [0.29, 0.717) is 28.9 Å². The summed E-state index contributed by atoms with van der Waals surface area (Å²) in [6.45, 7) is 5.37. The van der Waals surface area contributed by atoms with Crippen LogP contribution in [0, 0.1) is 0 Å². The van der Waals surface area contributed by atoms with Gasteiger partial charge in [-0.15, -0.1) is 0 Å². The molecule has 1 rings (SSSR count). The zero-order valence-electron chi connectivity index (χ0n) is 11.9. The number of carbonyl (C=O) groups is 1. The molecule has 1 atom stereocenters. The van der Waals surface area contributed by atoms with Crippen molar-refractivity contribution in [2.45, 2.75) is 32.9 Å². The predicted octanol–water partition coefficient (Wildman–Crippen LogP) is 2.81. The van der Waals surface area contributed by atoms with Crippen molar-refractivity contribution in [1.29, 1.82) is 0 Å². The van der Waals surface area contributed by atoms with Gasteiger partial charge in [0.25, 0.3) is 0 Å². The Morgan fingerprint density at radius 2 is 2.15 bits per heavy atom. The Bertz CT molecular complexity index is 465. The summed E-state index contributed by atoms with van der Waals surface area (Å²) < 4.78 is 11.5. The highest BCUT2D eigenvalue weighted by molar-refractivity contribution is 9.10. The summed E-state index contributed by atoms with van der Waals surface area (Å²) in [6, 6.07) is 3.74. The Balaban J connectivity index is 3.03. The van der Waals surface area contributed by atoms with Crippen LogP contribution in [0.25, 0.3) is 0 Å². The van der Waals surface area contributed by atoms with E-state index in [1.165, 1.54) is 7.11 Å². The van der Waals surface area contributed by atoms with Gasteiger partial charge in [-0.3, -0.25) is 0 Å². The summed E-state index contributed by atoms with van der Waals surface area (Å²) in [7, 11) is 1.54. The summed E-state index contributed by atoms with van der Waals surface area (Å²) in [5.74, 6) is -0.0489. The normalized spacial score (nSPS) is 12.0. The van der Waals surface area contributed by atoms with E-state index in [-0.39, 0.29) is 0 Å². The average molecular weight is 346 g/mol. The van der Waals surface area contributed by atoms with Gasteiger partial charge in [0, 0.05) is 6.54 Å². The van der Waals surface area contributed by atoms with E-state index in [4.69, 9.17) is 14.6 Å². The molecule has 0 aliphatic rings. The van der Waals surface area contributed by atoms with Crippen LogP contribution < -0.4 is 14.8 Å². The van der Waals surface area contributed by atoms with Gasteiger partial charge in [-0.2, -0.15) is 0 Å². The molecule has 6 heteroatoms. The number of rotatable bonds is 8. The largest absolute Gasteiger partial charge is 0.493 e. The van der Waals surface area contributed by atoms with Gasteiger partial charge >= 0.3 is 5.97 Å². The molecule has 0 saturated carbocycles. The Morgan fingerprint density at radius 1 is 1.45 bits per heavy atom. The third-order valence-electron chi connectivity index (χ3n) is 2.77. The maximum Gasteiger partial charge on any atom is 0.344 e. The predicted molar refractivity (Wildman–Crippen MR) is 80.4 cm³/mol. The molecule has 1 aromatic rings. The number of ether oxygens (including phenoxy) is 2. The second-order valence-electron chi connectivity index (χ2n) is 4.24. The lowest BCUT2D eigenvalue weighted by Crippen LogP contribution is -2.26. The number of nitrogens with one attached hydrogen (secondary N) is 1. The van der Waals surface area contributed by atoms with Gasteiger partial charge in [-0.05, 0) is 46.6 Å². The molecule has 1 aromatic carbocycles. The fourth-order valence-corrected chi connectivity index (χ4v) is 2.29. The maximum absolute atomic E-state index is 11.1. The quantitative estimate of drug-likeness (QED) is 0.758. The first kappa shape index (κ1) is 16.8. The van der Waals surface area contributed by atoms with Crippen LogP contribution in [0.2, 0.25) is 0 Å². The van der Waals surface area contributed by atoms with Gasteiger partial charge in [0.1, 0.15) is 0 Å². The fraction of sp³-hybridized carbons (Fsp3) is 0.500. The minimum Gasteiger partial charge on any atom is -0.493 e. The number of aliphatic carboxylic acids is 1. The zero-order chi connectivity index (χ0) is 15.1. The van der Waals surface area contributed by atoms with Crippen LogP contribution >= 0.6 is 15.9 Å². The molecule has 0 aliphatic heterocycles. The highest BCUT2D eigenvalue weighted by atomic mass is 79.9. The Kier molecular flexibility index (Phi) is 6.81. The number of hydrogen-bond acceptors (Lipinski definition) is 4. The van der Waals surface area contributed by atoms with Crippen LogP contribution in [-0.4, -0.2) is 30.8 Å². The molecule has 0 bridgehead atoms. The monoisotopic (exact) mass is 345 g/mol. The van der Waals surface area contributed by atoms with Crippen molar-refractivity contribution in [2.75, 3.05) is 13.7 Å². The first-order valence-corrected chi connectivity index (χ1v) is 7.29. The molecule has 1 unspecified atom stereocenters. The molecular weight excluding hydrogens is 326 g/mol. The standard InChI is InChI=1S/C14H20BrNO4/c1-4-11(14(17)18)20-13-10(15)6-9(8-16-5-2)7-12(13)19-3/h6-7,11,16H,4-5,8H2,1-3H3,(H,17,18). The minimum atomic E-state index is -0.988. The number of carboxylic acid groups (broad SMARTS) is 1. The van der Waals surface area contributed by atoms with E-state index < -0.39 is 12.1 Å². The average Bonchev–Trinajstić information content (AvgIpc) is 2.42. The fourth-order valence-electron chi connectivity index (χ4n) is 1.71. The first-order chi connectivity index (χ1) is 9.53. The molecule has 0 fully saturated rings. The van der Waals surface area contributed by atoms with Crippen molar-refractivity contribution in [3.63, 3.8) is 0 Å². The van der Waals surface area contributed by atoms with Crippen molar-refractivity contribution in [3.8, 4) is 11.5 Å². The van der Waals surface area contributed by atoms with Crippen LogP contribution in [0.4, 0.5) is 0 Å². The maximum atomic E-state index is 11.1. The number of hydrogen-bond donors (Lipinski definition) is 2. The van der Waals surface area contributed by atoms with Gasteiger partial charge in [-0.1, -0.05) is 13.8 Å². The molecule has 2 N–H and O–H groups in total. The van der Waals surface area contributed by atoms with Crippen molar-refractivity contribution >= 4 is 21.9 Å². The Hall–Kier alpha value is -1.27. The van der Waals surface area contributed by atoms with E-state index in [2.05, 4.69) is 21.2 Å². The van der Waals surface area contributed by atoms with E-state index in [9.17, 15) is 4.79 Å². The molecular formula is C14H20BrNO4. The summed E-state index contributed by atoms with van der Waals surface area (Å²) in [6.07, 6.45) is -0.510. The van der Waals surface area contributed by atoms with E-state index >= 15 is 0 Å². The Morgan fingerprint density at radius 3 is 2.65 bits per heavy atom. The second kappa shape index (κ2) is 8.11. The van der Waals surface area contributed by atoms with Crippen molar-refractivity contribution in [2.24, 2.45) is 0 Å². The first-order valence-electron chi connectivity index (χ1n) is 6.50. The van der Waals surface area contributed by atoms with E-state index in [0.717, 1.165) is 12.1 Å². The topological polar surface area (TPSA) is 67.8 Å². The van der Waals surface area contributed by atoms with Gasteiger partial charge in [0.05, 0.1) is 11.6 Å². The number of benzene rings is 1. The number of carboxylic acids is 1. The van der Waals surface area contributed by atoms with Gasteiger partial charge in [0.15, 0.2) is 17.6 Å². The molecule has 0 saturated heterocycles. The lowest BCUT2D eigenvalue weighted by atomic mass is 10.2. The molecule has 5 nitrogen and oxygen atoms in total. The summed E-state index contributed by atoms with van der Waals surface area (Å²) >= 11 is 3.41. The molecule has 0 radical (unpaired) electrons. The zero-order valence-corrected chi connectivity index (χ0v) is 13.5. The lowest BCUT2D eigenvalue weighted by molar-refractivity contribution is -0.145. The number of halogens is 1. The highest BCUT2D eigenvalue weighted by Gasteiger charge is 2.21. The molecule has 0 heterocycles. The van der Waals surface area contributed by atoms with Crippen LogP contribution in [-0.2, 0) is 11.3 Å². The molecule has 0 aliphatic carbocycles. The molecule has 0 aromatic heterocycles. The third kappa shape index (κ3) is 4.38. The van der Waals surface area contributed by atoms with Crippen LogP contribution in [0.5, 0.6) is 11.5 Å². The van der Waals surface area contributed by atoms with Crippen molar-refractivity contribution in [3.05, 3.63) is 22.2 Å². The van der Waals surface area contributed by atoms with Gasteiger partial charge in [-0.25, -0.2) is 4.79 Å². The van der Waals surface area contributed by atoms with Crippen molar-refractivity contribution in [1.82, 2.24) is 5.32 Å². The molecule has 0 amide bonds. The molecule has 20 heavy (non-hydrogen) atoms. The van der Waals surface area contributed by atoms with Crippen LogP contribution in [0.15, 0.2) is 16.6 Å². The van der Waals surface area contributed by atoms with E-state index in [1.54, 1.807) is 6.92 Å². The Labute approximate surface area is 127 Å². The highest BCUT2D eigenvalue weighted by Crippen LogP contribution is 2.37. The lowest BCUT2D eigenvalue weighted by Gasteiger charge is -2.18. The van der Waals surface area contributed by atoms with Crippen LogP contribution in [0.3, 0.4) is 0 Å². The van der Waals surface area contributed by atoms with Gasteiger partial charge < -0.3 is 19.9 Å². The summed E-state index contributed by atoms with van der Waals surface area (Å²) in [5.41, 5.74) is 1.03. The van der Waals surface area contributed by atoms with Crippen LogP contribution in [0.1, 0.15) is 25.8 Å². The third-order valence-corrected chi connectivity index (χ3v) is 3.36. The molecule has 0 spiro atoms. The number of methoxy groups -OCH3 is 1. The van der Waals surface area contributed by atoms with Gasteiger partial charge in [0.2, 0.25) is 0 Å². The molecule has 112 valence electrons. The smallest absolute Gasteiger partial charge is 0.344 e. The van der Waals surface area contributed by atoms with E-state index in [1.807, 2.05) is 19.1 Å². The minimum absolute atomic E-state index is 0.379. The summed E-state index contributed by atoms with van der Waals surface area (Å²) in [4.78, 5) is 11.1. The second-order valence-corrected chi connectivity index (χ2v) is 5.10.